The molecule has 0 heterocycles. The first-order valence-electron chi connectivity index (χ1n) is 6.91. The molecule has 0 aromatic rings. The molecule has 0 rings (SSSR count). The van der Waals surface area contributed by atoms with Gasteiger partial charge in [-0.2, -0.15) is 4.89 Å². The molecule has 16 heavy (non-hydrogen) atoms. The van der Waals surface area contributed by atoms with Crippen molar-refractivity contribution in [2.75, 3.05) is 6.16 Å². The molecule has 0 amide bonds. The van der Waals surface area contributed by atoms with Gasteiger partial charge in [-0.15, -0.1) is 0 Å². The molecule has 0 aliphatic rings. The summed E-state index contributed by atoms with van der Waals surface area (Å²) < 4.78 is 10.4. The van der Waals surface area contributed by atoms with Crippen LogP contribution in [0.4, 0.5) is 0 Å². The average Bonchev–Trinajstić information content (AvgIpc) is 2.25. The van der Waals surface area contributed by atoms with Gasteiger partial charge in [0.1, 0.15) is 0 Å². The van der Waals surface area contributed by atoms with E-state index < -0.39 is 8.03 Å². The highest BCUT2D eigenvalue weighted by molar-refractivity contribution is 7.37. The van der Waals surface area contributed by atoms with Crippen molar-refractivity contribution in [2.24, 2.45) is 0 Å². The Bertz CT molecular complexity index is 160. The lowest BCUT2D eigenvalue weighted by Crippen LogP contribution is -1.83. The van der Waals surface area contributed by atoms with E-state index in [1.165, 1.54) is 57.8 Å². The van der Waals surface area contributed by atoms with E-state index in [-0.39, 0.29) is 0 Å². The summed E-state index contributed by atoms with van der Waals surface area (Å²) in [6.07, 6.45) is 14.7. The van der Waals surface area contributed by atoms with Crippen LogP contribution in [0.2, 0.25) is 0 Å². The van der Waals surface area contributed by atoms with Crippen LogP contribution in [0.1, 0.15) is 77.6 Å². The second-order valence-corrected chi connectivity index (χ2v) is 5.76. The van der Waals surface area contributed by atoms with Crippen molar-refractivity contribution in [3.63, 3.8) is 0 Å². The van der Waals surface area contributed by atoms with Crippen LogP contribution in [0.5, 0.6) is 0 Å². The fraction of sp³-hybridized carbons (Fsp3) is 1.00. The summed E-state index contributed by atoms with van der Waals surface area (Å²) in [5.41, 5.74) is 0. The molecule has 0 saturated heterocycles. The van der Waals surface area contributed by atoms with Gasteiger partial charge in [0.25, 0.3) is 0 Å². The summed E-state index contributed by atoms with van der Waals surface area (Å²) >= 11 is 0. The van der Waals surface area contributed by atoms with E-state index in [1.54, 1.807) is 0 Å². The molecule has 1 N–H and O–H groups in total. The molecular formula is C13H28O2P+. The summed E-state index contributed by atoms with van der Waals surface area (Å²) in [7, 11) is -1.89. The van der Waals surface area contributed by atoms with Crippen molar-refractivity contribution in [1.82, 2.24) is 0 Å². The van der Waals surface area contributed by atoms with Gasteiger partial charge in [-0.05, 0) is 17.4 Å². The molecule has 0 aromatic heterocycles. The zero-order valence-electron chi connectivity index (χ0n) is 10.8. The first kappa shape index (κ1) is 16.1. The molecule has 0 aliphatic carbocycles. The molecule has 0 aliphatic heterocycles. The fourth-order valence-electron chi connectivity index (χ4n) is 1.91. The van der Waals surface area contributed by atoms with Crippen LogP contribution >= 0.6 is 8.03 Å². The van der Waals surface area contributed by atoms with E-state index in [0.29, 0.717) is 6.16 Å². The zero-order valence-corrected chi connectivity index (χ0v) is 11.7. The highest BCUT2D eigenvalue weighted by Crippen LogP contribution is 2.17. The van der Waals surface area contributed by atoms with Crippen molar-refractivity contribution < 1.29 is 9.46 Å². The molecule has 0 saturated carbocycles. The van der Waals surface area contributed by atoms with E-state index in [0.717, 1.165) is 12.8 Å². The van der Waals surface area contributed by atoms with Gasteiger partial charge in [-0.1, -0.05) is 64.7 Å². The zero-order chi connectivity index (χ0) is 12.1. The van der Waals surface area contributed by atoms with Crippen molar-refractivity contribution in [3.8, 4) is 0 Å². The van der Waals surface area contributed by atoms with E-state index in [1.807, 2.05) is 0 Å². The minimum absolute atomic E-state index is 0.492. The Hall–Kier alpha value is 0.0600. The van der Waals surface area contributed by atoms with Crippen LogP contribution in [-0.4, -0.2) is 11.1 Å². The Morgan fingerprint density at radius 3 is 1.50 bits per heavy atom. The third-order valence-electron chi connectivity index (χ3n) is 2.95. The minimum atomic E-state index is -1.89. The fourth-order valence-corrected chi connectivity index (χ4v) is 2.41. The third-order valence-corrected chi connectivity index (χ3v) is 3.65. The molecule has 2 nitrogen and oxygen atoms in total. The molecule has 0 fully saturated rings. The molecule has 0 aromatic carbocycles. The van der Waals surface area contributed by atoms with Gasteiger partial charge in [0.05, 0.1) is 0 Å². The molecule has 0 bridgehead atoms. The van der Waals surface area contributed by atoms with Crippen LogP contribution in [0.25, 0.3) is 0 Å². The summed E-state index contributed by atoms with van der Waals surface area (Å²) in [6, 6.07) is 0. The molecule has 96 valence electrons. The van der Waals surface area contributed by atoms with Gasteiger partial charge in [-0.25, -0.2) is 0 Å². The Morgan fingerprint density at radius 1 is 0.750 bits per heavy atom. The van der Waals surface area contributed by atoms with Gasteiger partial charge >= 0.3 is 8.03 Å². The predicted octanol–water partition coefficient (Wildman–Crippen LogP) is 5.03. The Kier molecular flexibility index (Phi) is 13.2. The highest BCUT2D eigenvalue weighted by Gasteiger charge is 2.07. The minimum Gasteiger partial charge on any atom is -0.161 e. The topological polar surface area (TPSA) is 37.3 Å². The van der Waals surface area contributed by atoms with E-state index in [9.17, 15) is 4.57 Å². The molecule has 0 spiro atoms. The predicted molar refractivity (Wildman–Crippen MR) is 71.2 cm³/mol. The molecule has 3 heteroatoms. The summed E-state index contributed by atoms with van der Waals surface area (Å²) in [5.74, 6) is 0. The maximum atomic E-state index is 10.4. The first-order valence-corrected chi connectivity index (χ1v) is 8.30. The summed E-state index contributed by atoms with van der Waals surface area (Å²) in [4.78, 5) is 8.61. The van der Waals surface area contributed by atoms with Crippen LogP contribution < -0.4 is 0 Å². The number of hydrogen-bond acceptors (Lipinski definition) is 1. The number of hydrogen-bond donors (Lipinski definition) is 1. The number of unbranched alkanes of at least 4 members (excludes halogenated alkanes) is 10. The lowest BCUT2D eigenvalue weighted by molar-refractivity contribution is 0.498. The lowest BCUT2D eigenvalue weighted by Gasteiger charge is -2.00. The highest BCUT2D eigenvalue weighted by atomic mass is 31.1. The largest absolute Gasteiger partial charge is 0.505 e. The second kappa shape index (κ2) is 13.1. The van der Waals surface area contributed by atoms with Crippen molar-refractivity contribution in [1.29, 1.82) is 0 Å². The lowest BCUT2D eigenvalue weighted by atomic mass is 10.1. The van der Waals surface area contributed by atoms with Crippen LogP contribution in [-0.2, 0) is 4.57 Å². The quantitative estimate of drug-likeness (QED) is 0.388. The molecule has 1 atom stereocenters. The SMILES string of the molecule is CCCCCCCCCCCCC[P+](=O)O. The monoisotopic (exact) mass is 247 g/mol. The van der Waals surface area contributed by atoms with Crippen LogP contribution in [0.15, 0.2) is 0 Å². The maximum Gasteiger partial charge on any atom is 0.505 e. The standard InChI is InChI=1S/C13H27O2P/c1-2-3-4-5-6-7-8-9-10-11-12-13-16(14)15/h2-13H2,1H3/p+1. The van der Waals surface area contributed by atoms with E-state index in [2.05, 4.69) is 6.92 Å². The molecule has 0 radical (unpaired) electrons. The van der Waals surface area contributed by atoms with Gasteiger partial charge in [-0.3, -0.25) is 0 Å². The van der Waals surface area contributed by atoms with Crippen LogP contribution in [0.3, 0.4) is 0 Å². The molecule has 1 unspecified atom stereocenters. The normalized spacial score (nSPS) is 11.8. The van der Waals surface area contributed by atoms with E-state index in [4.69, 9.17) is 4.89 Å². The van der Waals surface area contributed by atoms with E-state index >= 15 is 0 Å². The summed E-state index contributed by atoms with van der Waals surface area (Å²) in [5, 5.41) is 0. The van der Waals surface area contributed by atoms with Gasteiger partial charge < -0.3 is 0 Å². The summed E-state index contributed by atoms with van der Waals surface area (Å²) in [6.45, 7) is 2.25. The maximum absolute atomic E-state index is 10.4. The first-order chi connectivity index (χ1) is 7.77. The van der Waals surface area contributed by atoms with Gasteiger partial charge in [0.15, 0.2) is 6.16 Å². The number of rotatable bonds is 12. The van der Waals surface area contributed by atoms with Gasteiger partial charge in [0, 0.05) is 0 Å². The van der Waals surface area contributed by atoms with Crippen LogP contribution in [0, 0.1) is 0 Å². The third kappa shape index (κ3) is 14.1. The average molecular weight is 247 g/mol. The smallest absolute Gasteiger partial charge is 0.161 e. The Labute approximate surface area is 102 Å². The Morgan fingerprint density at radius 2 is 1.12 bits per heavy atom. The Balaban J connectivity index is 2.90. The van der Waals surface area contributed by atoms with Crippen molar-refractivity contribution in [2.45, 2.75) is 77.6 Å². The second-order valence-electron chi connectivity index (χ2n) is 4.61. The van der Waals surface area contributed by atoms with Crippen molar-refractivity contribution >= 4 is 8.03 Å². The van der Waals surface area contributed by atoms with Crippen molar-refractivity contribution in [3.05, 3.63) is 0 Å². The van der Waals surface area contributed by atoms with Gasteiger partial charge in [0.2, 0.25) is 0 Å². The molecular weight excluding hydrogens is 219 g/mol.